The Morgan fingerprint density at radius 1 is 0.927 bits per heavy atom. The first-order valence-electron chi connectivity index (χ1n) is 12.4. The van der Waals surface area contributed by atoms with E-state index >= 15 is 0 Å². The highest BCUT2D eigenvalue weighted by Gasteiger charge is 2.53. The van der Waals surface area contributed by atoms with Crippen molar-refractivity contribution in [1.29, 1.82) is 0 Å². The lowest BCUT2D eigenvalue weighted by Gasteiger charge is -2.43. The molecule has 1 aliphatic heterocycles. The first-order chi connectivity index (χ1) is 19.4. The van der Waals surface area contributed by atoms with Crippen LogP contribution in [0.2, 0.25) is 0 Å². The third-order valence-electron chi connectivity index (χ3n) is 5.93. The second-order valence-electron chi connectivity index (χ2n) is 9.08. The average molecular weight is 590 g/mol. The Morgan fingerprint density at radius 3 is 2.20 bits per heavy atom. The van der Waals surface area contributed by atoms with Crippen LogP contribution in [0, 0.1) is 6.92 Å². The van der Waals surface area contributed by atoms with Gasteiger partial charge in [0, 0.05) is 39.1 Å². The number of carbonyl (C=O) groups excluding carboxylic acids is 4. The van der Waals surface area contributed by atoms with E-state index in [1.54, 1.807) is 17.8 Å². The Balaban J connectivity index is 1.73. The minimum atomic E-state index is -1.44. The highest BCUT2D eigenvalue weighted by atomic mass is 32.1. The summed E-state index contributed by atoms with van der Waals surface area (Å²) in [7, 11) is 0. The molecule has 13 nitrogen and oxygen atoms in total. The zero-order valence-corrected chi connectivity index (χ0v) is 23.6. The molecule has 1 aromatic carbocycles. The van der Waals surface area contributed by atoms with Crippen LogP contribution < -0.4 is 10.2 Å². The van der Waals surface area contributed by atoms with E-state index in [2.05, 4.69) is 4.98 Å². The third kappa shape index (κ3) is 6.89. The van der Waals surface area contributed by atoms with E-state index in [0.717, 1.165) is 20.8 Å². The molecular formula is C27H27NO12S. The molecule has 218 valence electrons. The minimum absolute atomic E-state index is 0.141. The van der Waals surface area contributed by atoms with Gasteiger partial charge in [-0.1, -0.05) is 0 Å². The number of carbonyl (C=O) groups is 4. The molecule has 0 spiro atoms. The van der Waals surface area contributed by atoms with E-state index < -0.39 is 61.2 Å². The molecule has 2 aromatic heterocycles. The maximum absolute atomic E-state index is 13.2. The lowest BCUT2D eigenvalue weighted by molar-refractivity contribution is -0.288. The maximum atomic E-state index is 13.2. The van der Waals surface area contributed by atoms with Crippen molar-refractivity contribution in [2.75, 3.05) is 6.61 Å². The minimum Gasteiger partial charge on any atom is -0.463 e. The Kier molecular flexibility index (Phi) is 9.03. The number of esters is 4. The van der Waals surface area contributed by atoms with E-state index in [4.69, 9.17) is 32.8 Å². The summed E-state index contributed by atoms with van der Waals surface area (Å²) >= 11 is 1.35. The van der Waals surface area contributed by atoms with Gasteiger partial charge < -0.3 is 32.8 Å². The maximum Gasteiger partial charge on any atom is 0.303 e. The first kappa shape index (κ1) is 29.7. The van der Waals surface area contributed by atoms with Crippen LogP contribution in [0.25, 0.3) is 22.2 Å². The standard InChI is InChI=1S/C27H27NO12S/c1-12-22(19-10-41-11-28-19)23(33)18-7-6-17(8-20(18)35-12)39-27-26(38-16(5)32)25(37-15(4)31)24(36-14(3)30)21(40-27)9-34-13(2)29/h6-8,10-11,21,24-27H,9H2,1-5H3/t21-,24-,25+,26-,27+/m1/s1. The predicted octanol–water partition coefficient (Wildman–Crippen LogP) is 2.69. The molecule has 3 heterocycles. The van der Waals surface area contributed by atoms with E-state index in [-0.39, 0.29) is 22.1 Å². The van der Waals surface area contributed by atoms with Crippen molar-refractivity contribution in [1.82, 2.24) is 4.98 Å². The summed E-state index contributed by atoms with van der Waals surface area (Å²) in [6.07, 6.45) is -6.73. The molecule has 0 bridgehead atoms. The summed E-state index contributed by atoms with van der Waals surface area (Å²) in [4.78, 5) is 64.9. The van der Waals surface area contributed by atoms with Crippen LogP contribution in [-0.4, -0.2) is 66.2 Å². The van der Waals surface area contributed by atoms with Crippen molar-refractivity contribution < 1.29 is 52.0 Å². The van der Waals surface area contributed by atoms with Crippen LogP contribution in [0.1, 0.15) is 33.5 Å². The van der Waals surface area contributed by atoms with Crippen molar-refractivity contribution in [2.45, 2.75) is 65.3 Å². The SMILES string of the molecule is CC(=O)OC[C@H]1O[C@H](Oc2ccc3c(=O)c(-c4cscn4)c(C)oc3c2)[C@H](OC(C)=O)[C@@H](OC(C)=O)[C@@H]1OC(C)=O. The Morgan fingerprint density at radius 2 is 1.59 bits per heavy atom. The second kappa shape index (κ2) is 12.5. The van der Waals surface area contributed by atoms with Gasteiger partial charge in [-0.2, -0.15) is 0 Å². The van der Waals surface area contributed by atoms with Crippen molar-refractivity contribution in [2.24, 2.45) is 0 Å². The molecular weight excluding hydrogens is 562 g/mol. The van der Waals surface area contributed by atoms with Crippen LogP contribution in [0.4, 0.5) is 0 Å². The fourth-order valence-electron chi connectivity index (χ4n) is 4.41. The molecule has 0 unspecified atom stereocenters. The quantitative estimate of drug-likeness (QED) is 0.278. The van der Waals surface area contributed by atoms with E-state index in [9.17, 15) is 24.0 Å². The van der Waals surface area contributed by atoms with Crippen LogP contribution in [-0.2, 0) is 42.9 Å². The molecule has 14 heteroatoms. The highest BCUT2D eigenvalue weighted by Crippen LogP contribution is 2.32. The molecule has 0 amide bonds. The normalized spacial score (nSPS) is 22.0. The number of benzene rings is 1. The van der Waals surface area contributed by atoms with Gasteiger partial charge >= 0.3 is 23.9 Å². The summed E-state index contributed by atoms with van der Waals surface area (Å²) < 4.78 is 39.1. The van der Waals surface area contributed by atoms with Gasteiger partial charge in [-0.25, -0.2) is 4.98 Å². The van der Waals surface area contributed by atoms with Gasteiger partial charge in [0.2, 0.25) is 17.8 Å². The zero-order valence-electron chi connectivity index (χ0n) is 22.7. The van der Waals surface area contributed by atoms with Gasteiger partial charge in [-0.15, -0.1) is 11.3 Å². The van der Waals surface area contributed by atoms with Crippen LogP contribution in [0.15, 0.2) is 38.3 Å². The molecule has 4 rings (SSSR count). The van der Waals surface area contributed by atoms with Crippen molar-refractivity contribution in [3.05, 3.63) is 45.1 Å². The highest BCUT2D eigenvalue weighted by molar-refractivity contribution is 7.07. The topological polar surface area (TPSA) is 167 Å². The van der Waals surface area contributed by atoms with E-state index in [1.807, 2.05) is 0 Å². The second-order valence-corrected chi connectivity index (χ2v) is 9.80. The summed E-state index contributed by atoms with van der Waals surface area (Å²) in [6.45, 7) is 5.79. The zero-order chi connectivity index (χ0) is 29.8. The van der Waals surface area contributed by atoms with E-state index in [0.29, 0.717) is 17.0 Å². The molecule has 0 N–H and O–H groups in total. The fraction of sp³-hybridized carbons (Fsp3) is 0.407. The van der Waals surface area contributed by atoms with Gasteiger partial charge in [0.1, 0.15) is 29.8 Å². The fourth-order valence-corrected chi connectivity index (χ4v) is 4.95. The average Bonchev–Trinajstić information content (AvgIpc) is 3.40. The molecule has 0 saturated carbocycles. The van der Waals surface area contributed by atoms with Gasteiger partial charge in [0.05, 0.1) is 22.2 Å². The number of aromatic nitrogens is 1. The monoisotopic (exact) mass is 589 g/mol. The summed E-state index contributed by atoms with van der Waals surface area (Å²) in [5.41, 5.74) is 2.37. The van der Waals surface area contributed by atoms with Gasteiger partial charge in [0.15, 0.2) is 12.2 Å². The lowest BCUT2D eigenvalue weighted by atomic mass is 9.98. The molecule has 1 aliphatic rings. The smallest absolute Gasteiger partial charge is 0.303 e. The predicted molar refractivity (Wildman–Crippen MR) is 141 cm³/mol. The number of ether oxygens (including phenoxy) is 6. The van der Waals surface area contributed by atoms with Gasteiger partial charge in [-0.05, 0) is 19.1 Å². The number of thiazole rings is 1. The summed E-state index contributed by atoms with van der Waals surface area (Å²) in [6, 6.07) is 4.42. The summed E-state index contributed by atoms with van der Waals surface area (Å²) in [5.74, 6) is -2.44. The molecule has 1 fully saturated rings. The largest absolute Gasteiger partial charge is 0.463 e. The number of rotatable bonds is 8. The third-order valence-corrected chi connectivity index (χ3v) is 6.52. The molecule has 41 heavy (non-hydrogen) atoms. The van der Waals surface area contributed by atoms with Crippen LogP contribution >= 0.6 is 11.3 Å². The lowest BCUT2D eigenvalue weighted by Crippen LogP contribution is -2.63. The molecule has 0 aliphatic carbocycles. The number of aryl methyl sites for hydroxylation is 1. The summed E-state index contributed by atoms with van der Waals surface area (Å²) in [5, 5.41) is 2.01. The van der Waals surface area contributed by atoms with Crippen LogP contribution in [0.5, 0.6) is 5.75 Å². The molecule has 5 atom stereocenters. The number of hydrogen-bond acceptors (Lipinski definition) is 14. The van der Waals surface area contributed by atoms with Crippen molar-refractivity contribution >= 4 is 46.2 Å². The Bertz CT molecular complexity index is 1510. The first-order valence-corrected chi connectivity index (χ1v) is 13.3. The molecule has 3 aromatic rings. The number of fused-ring (bicyclic) bond motifs is 1. The molecule has 0 radical (unpaired) electrons. The Hall–Kier alpha value is -4.30. The van der Waals surface area contributed by atoms with Gasteiger partial charge in [-0.3, -0.25) is 24.0 Å². The number of hydrogen-bond donors (Lipinski definition) is 0. The Labute approximate surface area is 237 Å². The van der Waals surface area contributed by atoms with Crippen LogP contribution in [0.3, 0.4) is 0 Å². The number of nitrogens with zero attached hydrogens (tertiary/aromatic N) is 1. The van der Waals surface area contributed by atoms with Gasteiger partial charge in [0.25, 0.3) is 0 Å². The van der Waals surface area contributed by atoms with Crippen molar-refractivity contribution in [3.63, 3.8) is 0 Å². The van der Waals surface area contributed by atoms with E-state index in [1.165, 1.54) is 36.5 Å². The van der Waals surface area contributed by atoms with Crippen molar-refractivity contribution in [3.8, 4) is 17.0 Å². The molecule has 1 saturated heterocycles.